The number of benzene rings is 1. The highest BCUT2D eigenvalue weighted by atomic mass is 32.2. The van der Waals surface area contributed by atoms with Gasteiger partial charge in [-0.05, 0) is 43.7 Å². The van der Waals surface area contributed by atoms with Gasteiger partial charge in [-0.2, -0.15) is 0 Å². The molecule has 8 nitrogen and oxygen atoms in total. The van der Waals surface area contributed by atoms with Crippen LogP contribution >= 0.6 is 0 Å². The van der Waals surface area contributed by atoms with E-state index in [-0.39, 0.29) is 22.6 Å². The number of primary sulfonamides is 1. The van der Waals surface area contributed by atoms with Crippen molar-refractivity contribution in [2.24, 2.45) is 5.14 Å². The van der Waals surface area contributed by atoms with E-state index in [1.165, 1.54) is 24.5 Å². The van der Waals surface area contributed by atoms with E-state index >= 15 is 0 Å². The van der Waals surface area contributed by atoms with Crippen molar-refractivity contribution < 1.29 is 22.4 Å². The smallest absolute Gasteiger partial charge is 0.287 e. The molecule has 0 aliphatic rings. The van der Waals surface area contributed by atoms with E-state index in [0.29, 0.717) is 5.56 Å². The maximum atomic E-state index is 12.2. The summed E-state index contributed by atoms with van der Waals surface area (Å²) in [5.74, 6) is -0.757. The molecule has 0 saturated carbocycles. The topological polar surface area (TPSA) is 132 Å². The largest absolute Gasteiger partial charge is 0.459 e. The Hall–Kier alpha value is -2.65. The van der Waals surface area contributed by atoms with E-state index in [2.05, 4.69) is 10.6 Å². The molecule has 4 N–H and O–H groups in total. The van der Waals surface area contributed by atoms with Crippen molar-refractivity contribution in [1.29, 1.82) is 0 Å². The number of amides is 2. The Morgan fingerprint density at radius 3 is 2.24 bits per heavy atom. The van der Waals surface area contributed by atoms with Crippen molar-refractivity contribution in [3.05, 3.63) is 54.0 Å². The first-order valence-corrected chi connectivity index (χ1v) is 9.00. The van der Waals surface area contributed by atoms with Crippen LogP contribution in [0.5, 0.6) is 0 Å². The van der Waals surface area contributed by atoms with E-state index in [1.807, 2.05) is 0 Å². The van der Waals surface area contributed by atoms with Gasteiger partial charge in [-0.3, -0.25) is 9.59 Å². The molecule has 0 bridgehead atoms. The lowest BCUT2D eigenvalue weighted by atomic mass is 10.1. The van der Waals surface area contributed by atoms with Gasteiger partial charge >= 0.3 is 0 Å². The summed E-state index contributed by atoms with van der Waals surface area (Å²) in [5.41, 5.74) is 0.699. The Morgan fingerprint density at radius 2 is 1.72 bits per heavy atom. The zero-order valence-corrected chi connectivity index (χ0v) is 14.5. The lowest BCUT2D eigenvalue weighted by Gasteiger charge is -2.18. The highest BCUT2D eigenvalue weighted by Gasteiger charge is 2.20. The summed E-state index contributed by atoms with van der Waals surface area (Å²) in [4.78, 5) is 24.0. The second-order valence-corrected chi connectivity index (χ2v) is 7.08. The average molecular weight is 365 g/mol. The molecule has 0 aliphatic heterocycles. The Morgan fingerprint density at radius 1 is 1.08 bits per heavy atom. The number of furan rings is 1. The van der Waals surface area contributed by atoms with Crippen molar-refractivity contribution in [1.82, 2.24) is 10.6 Å². The second-order valence-electron chi connectivity index (χ2n) is 5.52. The summed E-state index contributed by atoms with van der Waals surface area (Å²) >= 11 is 0. The summed E-state index contributed by atoms with van der Waals surface area (Å²) in [6.07, 6.45) is 1.37. The SMILES string of the molecule is C[C@H](NC(=O)c1ccco1)C(=O)N[C@@H](C)c1ccc(S(N)(=O)=O)cc1. The number of sulfonamides is 1. The van der Waals surface area contributed by atoms with Gasteiger partial charge in [-0.25, -0.2) is 13.6 Å². The van der Waals surface area contributed by atoms with E-state index in [0.717, 1.165) is 0 Å². The van der Waals surface area contributed by atoms with Crippen LogP contribution in [0.3, 0.4) is 0 Å². The zero-order chi connectivity index (χ0) is 18.6. The van der Waals surface area contributed by atoms with Crippen molar-refractivity contribution >= 4 is 21.8 Å². The Kier molecular flexibility index (Phi) is 5.60. The maximum Gasteiger partial charge on any atom is 0.287 e. The Balaban J connectivity index is 1.96. The molecule has 0 spiro atoms. The van der Waals surface area contributed by atoms with Crippen LogP contribution in [0.2, 0.25) is 0 Å². The summed E-state index contributed by atoms with van der Waals surface area (Å²) in [5, 5.41) is 10.3. The predicted molar refractivity (Wildman–Crippen MR) is 90.0 cm³/mol. The molecular formula is C16H19N3O5S. The molecule has 2 rings (SSSR count). The molecule has 9 heteroatoms. The van der Waals surface area contributed by atoms with Crippen LogP contribution in [0.4, 0.5) is 0 Å². The van der Waals surface area contributed by atoms with Crippen LogP contribution in [-0.2, 0) is 14.8 Å². The standard InChI is InChI=1S/C16H19N3O5S/c1-10(12-5-7-13(8-6-12)25(17,22)23)18-15(20)11(2)19-16(21)14-4-3-9-24-14/h3-11H,1-2H3,(H,18,20)(H,19,21)(H2,17,22,23)/t10-,11-/m0/s1. The van der Waals surface area contributed by atoms with Crippen molar-refractivity contribution in [3.8, 4) is 0 Å². The molecule has 0 radical (unpaired) electrons. The highest BCUT2D eigenvalue weighted by molar-refractivity contribution is 7.89. The van der Waals surface area contributed by atoms with Crippen LogP contribution in [0.1, 0.15) is 36.0 Å². The predicted octanol–water partition coefficient (Wildman–Crippen LogP) is 0.923. The third-order valence-electron chi connectivity index (χ3n) is 3.55. The minimum absolute atomic E-state index is 0.00569. The van der Waals surface area contributed by atoms with Gasteiger partial charge in [0, 0.05) is 0 Å². The van der Waals surface area contributed by atoms with Gasteiger partial charge < -0.3 is 15.1 Å². The van der Waals surface area contributed by atoms with Gasteiger partial charge in [0.1, 0.15) is 6.04 Å². The van der Waals surface area contributed by atoms with Crippen LogP contribution in [0.25, 0.3) is 0 Å². The molecule has 0 unspecified atom stereocenters. The lowest BCUT2D eigenvalue weighted by Crippen LogP contribution is -2.45. The quantitative estimate of drug-likeness (QED) is 0.700. The van der Waals surface area contributed by atoms with Crippen LogP contribution in [0.15, 0.2) is 52.0 Å². The molecule has 1 aromatic carbocycles. The molecule has 2 amide bonds. The van der Waals surface area contributed by atoms with Gasteiger partial charge in [-0.1, -0.05) is 12.1 Å². The summed E-state index contributed by atoms with van der Waals surface area (Å²) in [6, 6.07) is 7.79. The van der Waals surface area contributed by atoms with Crippen molar-refractivity contribution in [2.75, 3.05) is 0 Å². The van der Waals surface area contributed by atoms with Crippen molar-refractivity contribution in [3.63, 3.8) is 0 Å². The van der Waals surface area contributed by atoms with Crippen molar-refractivity contribution in [2.45, 2.75) is 30.8 Å². The molecule has 0 fully saturated rings. The number of nitrogens with one attached hydrogen (secondary N) is 2. The lowest BCUT2D eigenvalue weighted by molar-refractivity contribution is -0.123. The Labute approximate surface area is 145 Å². The average Bonchev–Trinajstić information content (AvgIpc) is 3.08. The number of hydrogen-bond donors (Lipinski definition) is 3. The molecule has 2 aromatic rings. The molecule has 0 aliphatic carbocycles. The number of carbonyl (C=O) groups is 2. The normalized spacial score (nSPS) is 13.7. The first kappa shape index (κ1) is 18.7. The van der Waals surface area contributed by atoms with E-state index in [4.69, 9.17) is 9.56 Å². The molecule has 25 heavy (non-hydrogen) atoms. The minimum atomic E-state index is -3.76. The van der Waals surface area contributed by atoms with Crippen LogP contribution in [0, 0.1) is 0 Å². The first-order chi connectivity index (χ1) is 11.7. The minimum Gasteiger partial charge on any atom is -0.459 e. The summed E-state index contributed by atoms with van der Waals surface area (Å²) in [7, 11) is -3.76. The monoisotopic (exact) mass is 365 g/mol. The number of nitrogens with two attached hydrogens (primary N) is 1. The molecule has 2 atom stereocenters. The molecule has 1 heterocycles. The summed E-state index contributed by atoms with van der Waals surface area (Å²) < 4.78 is 27.4. The molecule has 0 saturated heterocycles. The zero-order valence-electron chi connectivity index (χ0n) is 13.7. The van der Waals surface area contributed by atoms with Crippen LogP contribution < -0.4 is 15.8 Å². The fourth-order valence-electron chi connectivity index (χ4n) is 2.11. The van der Waals surface area contributed by atoms with Gasteiger partial charge in [0.2, 0.25) is 15.9 Å². The fourth-order valence-corrected chi connectivity index (χ4v) is 2.62. The van der Waals surface area contributed by atoms with Gasteiger partial charge in [0.05, 0.1) is 17.2 Å². The highest BCUT2D eigenvalue weighted by Crippen LogP contribution is 2.15. The van der Waals surface area contributed by atoms with Gasteiger partial charge in [0.15, 0.2) is 5.76 Å². The Bertz CT molecular complexity index is 844. The van der Waals surface area contributed by atoms with E-state index in [1.54, 1.807) is 32.0 Å². The third-order valence-corrected chi connectivity index (χ3v) is 4.48. The first-order valence-electron chi connectivity index (χ1n) is 7.46. The van der Waals surface area contributed by atoms with Gasteiger partial charge in [-0.15, -0.1) is 0 Å². The second kappa shape index (κ2) is 7.49. The molecule has 134 valence electrons. The van der Waals surface area contributed by atoms with Crippen LogP contribution in [-0.4, -0.2) is 26.3 Å². The van der Waals surface area contributed by atoms with E-state index in [9.17, 15) is 18.0 Å². The maximum absolute atomic E-state index is 12.2. The van der Waals surface area contributed by atoms with E-state index < -0.39 is 22.0 Å². The van der Waals surface area contributed by atoms with Gasteiger partial charge in [0.25, 0.3) is 5.91 Å². The number of carbonyl (C=O) groups excluding carboxylic acids is 2. The third kappa shape index (κ3) is 4.91. The molecule has 1 aromatic heterocycles. The number of hydrogen-bond acceptors (Lipinski definition) is 5. The molecular weight excluding hydrogens is 346 g/mol. The number of rotatable bonds is 6. The summed E-state index contributed by atoms with van der Waals surface area (Å²) in [6.45, 7) is 3.29. The fraction of sp³-hybridized carbons (Fsp3) is 0.250.